The van der Waals surface area contributed by atoms with Crippen LogP contribution in [0.3, 0.4) is 0 Å². The fraction of sp³-hybridized carbons (Fsp3) is 0. The molecule has 0 unspecified atom stereocenters. The number of hydrogen-bond donors (Lipinski definition) is 2. The minimum Gasteiger partial charge on any atom is -0.399 e. The van der Waals surface area contributed by atoms with Gasteiger partial charge in [0.1, 0.15) is 5.52 Å². The predicted molar refractivity (Wildman–Crippen MR) is 73.3 cm³/mol. The molecule has 0 aliphatic carbocycles. The summed E-state index contributed by atoms with van der Waals surface area (Å²) in [6.07, 6.45) is 0. The average molecular weight is 234 g/mol. The molecule has 0 saturated heterocycles. The largest absolute Gasteiger partial charge is 0.399 e. The van der Waals surface area contributed by atoms with Gasteiger partial charge in [-0.05, 0) is 24.3 Å². The first kappa shape index (κ1) is 9.41. The van der Waals surface area contributed by atoms with Gasteiger partial charge in [-0.2, -0.15) is 0 Å². The third kappa shape index (κ3) is 1.20. The Morgan fingerprint density at radius 2 is 1.83 bits per heavy atom. The first-order valence-corrected chi connectivity index (χ1v) is 5.75. The Morgan fingerprint density at radius 1 is 0.944 bits per heavy atom. The summed E-state index contributed by atoms with van der Waals surface area (Å²) in [4.78, 5) is 12.5. The second-order valence-electron chi connectivity index (χ2n) is 4.34. The number of H-pyrrole nitrogens is 1. The maximum Gasteiger partial charge on any atom is 0.157 e. The van der Waals surface area contributed by atoms with Gasteiger partial charge in [0.15, 0.2) is 5.65 Å². The van der Waals surface area contributed by atoms with E-state index in [1.165, 1.54) is 0 Å². The summed E-state index contributed by atoms with van der Waals surface area (Å²) in [6.45, 7) is 0. The molecule has 0 spiro atoms. The normalized spacial score (nSPS) is 11.6. The summed E-state index contributed by atoms with van der Waals surface area (Å²) in [6, 6.07) is 13.7. The summed E-state index contributed by atoms with van der Waals surface area (Å²) >= 11 is 0. The molecule has 4 aromatic rings. The second-order valence-corrected chi connectivity index (χ2v) is 4.34. The second kappa shape index (κ2) is 3.20. The molecule has 0 bridgehead atoms. The summed E-state index contributed by atoms with van der Waals surface area (Å²) in [5.41, 5.74) is 10.9. The number of nitrogens with zero attached hydrogens (tertiary/aromatic N) is 2. The molecule has 0 fully saturated rings. The number of nitrogen functional groups attached to an aromatic ring is 1. The average Bonchev–Trinajstić information content (AvgIpc) is 2.73. The van der Waals surface area contributed by atoms with Crippen LogP contribution < -0.4 is 5.73 Å². The van der Waals surface area contributed by atoms with Gasteiger partial charge in [0, 0.05) is 16.6 Å². The molecule has 2 aromatic carbocycles. The molecule has 0 atom stereocenters. The minimum atomic E-state index is 0.701. The fourth-order valence-electron chi connectivity index (χ4n) is 2.27. The van der Waals surface area contributed by atoms with Crippen molar-refractivity contribution in [1.29, 1.82) is 0 Å². The highest BCUT2D eigenvalue weighted by Gasteiger charge is 2.08. The number of para-hydroxylation sites is 1. The number of anilines is 1. The van der Waals surface area contributed by atoms with Crippen LogP contribution in [0.25, 0.3) is 33.1 Å². The maximum atomic E-state index is 5.77. The van der Waals surface area contributed by atoms with E-state index in [1.807, 2.05) is 42.5 Å². The van der Waals surface area contributed by atoms with Crippen molar-refractivity contribution in [3.05, 3.63) is 42.5 Å². The first-order chi connectivity index (χ1) is 8.81. The zero-order chi connectivity index (χ0) is 12.1. The molecule has 0 aliphatic heterocycles. The van der Waals surface area contributed by atoms with Crippen LogP contribution >= 0.6 is 0 Å². The number of benzene rings is 2. The van der Waals surface area contributed by atoms with Crippen LogP contribution in [0, 0.1) is 0 Å². The zero-order valence-electron chi connectivity index (χ0n) is 9.51. The molecule has 18 heavy (non-hydrogen) atoms. The lowest BCUT2D eigenvalue weighted by molar-refractivity contribution is 1.36. The maximum absolute atomic E-state index is 5.77. The molecule has 2 aromatic heterocycles. The van der Waals surface area contributed by atoms with Crippen molar-refractivity contribution in [3.8, 4) is 0 Å². The lowest BCUT2D eigenvalue weighted by Crippen LogP contribution is -1.89. The quantitative estimate of drug-likeness (QED) is 0.460. The van der Waals surface area contributed by atoms with Gasteiger partial charge in [-0.15, -0.1) is 0 Å². The van der Waals surface area contributed by atoms with E-state index < -0.39 is 0 Å². The van der Waals surface area contributed by atoms with E-state index in [0.717, 1.165) is 33.1 Å². The molecule has 4 heteroatoms. The van der Waals surface area contributed by atoms with Gasteiger partial charge in [0.05, 0.1) is 11.0 Å². The summed E-state index contributed by atoms with van der Waals surface area (Å²) in [5.74, 6) is 0. The van der Waals surface area contributed by atoms with Gasteiger partial charge in [-0.1, -0.05) is 18.2 Å². The van der Waals surface area contributed by atoms with E-state index in [-0.39, 0.29) is 0 Å². The van der Waals surface area contributed by atoms with Crippen LogP contribution in [0.2, 0.25) is 0 Å². The van der Waals surface area contributed by atoms with E-state index in [1.54, 1.807) is 0 Å². The Bertz CT molecular complexity index is 892. The van der Waals surface area contributed by atoms with Crippen molar-refractivity contribution in [3.63, 3.8) is 0 Å². The predicted octanol–water partition coefficient (Wildman–Crippen LogP) is 2.85. The van der Waals surface area contributed by atoms with Crippen LogP contribution in [0.4, 0.5) is 5.69 Å². The molecule has 86 valence electrons. The number of rotatable bonds is 0. The van der Waals surface area contributed by atoms with E-state index in [4.69, 9.17) is 5.73 Å². The molecule has 2 heterocycles. The van der Waals surface area contributed by atoms with E-state index in [0.29, 0.717) is 5.69 Å². The molecular formula is C14H10N4. The molecule has 4 nitrogen and oxygen atoms in total. The number of hydrogen-bond acceptors (Lipinski definition) is 3. The summed E-state index contributed by atoms with van der Waals surface area (Å²) in [7, 11) is 0. The third-order valence-electron chi connectivity index (χ3n) is 3.12. The van der Waals surface area contributed by atoms with Crippen LogP contribution in [-0.4, -0.2) is 15.0 Å². The third-order valence-corrected chi connectivity index (χ3v) is 3.12. The first-order valence-electron chi connectivity index (χ1n) is 5.75. The van der Waals surface area contributed by atoms with Gasteiger partial charge in [0.25, 0.3) is 0 Å². The number of aromatic amines is 1. The molecule has 3 N–H and O–H groups in total. The molecule has 0 amide bonds. The van der Waals surface area contributed by atoms with Gasteiger partial charge in [-0.25, -0.2) is 9.97 Å². The number of nitrogens with two attached hydrogens (primary N) is 1. The number of nitrogens with one attached hydrogen (secondary N) is 1. The smallest absolute Gasteiger partial charge is 0.157 e. The Balaban J connectivity index is 2.23. The highest BCUT2D eigenvalue weighted by molar-refractivity contribution is 6.05. The standard InChI is InChI=1S/C14H10N4/c15-8-5-6-11-12(7-8)18-14-13(16-11)9-3-1-2-4-10(9)17-14/h1-7H,15H2,(H,17,18). The zero-order valence-corrected chi connectivity index (χ0v) is 9.51. The van der Waals surface area contributed by atoms with Gasteiger partial charge in [0.2, 0.25) is 0 Å². The molecular weight excluding hydrogens is 224 g/mol. The van der Waals surface area contributed by atoms with Gasteiger partial charge in [-0.3, -0.25) is 0 Å². The molecule has 0 radical (unpaired) electrons. The van der Waals surface area contributed by atoms with Crippen LogP contribution in [0.5, 0.6) is 0 Å². The van der Waals surface area contributed by atoms with Crippen LogP contribution in [0.15, 0.2) is 42.5 Å². The van der Waals surface area contributed by atoms with Crippen molar-refractivity contribution >= 4 is 38.8 Å². The fourth-order valence-corrected chi connectivity index (χ4v) is 2.27. The van der Waals surface area contributed by atoms with Crippen molar-refractivity contribution in [2.24, 2.45) is 0 Å². The number of fused-ring (bicyclic) bond motifs is 4. The Kier molecular flexibility index (Phi) is 1.67. The topological polar surface area (TPSA) is 67.6 Å². The van der Waals surface area contributed by atoms with Crippen molar-refractivity contribution in [1.82, 2.24) is 15.0 Å². The molecule has 0 aliphatic rings. The Morgan fingerprint density at radius 3 is 2.78 bits per heavy atom. The van der Waals surface area contributed by atoms with E-state index in [9.17, 15) is 0 Å². The Hall–Kier alpha value is -2.62. The SMILES string of the molecule is Nc1ccc2nc3c(nc2c1)[nH]c1ccccc13. The van der Waals surface area contributed by atoms with Gasteiger partial charge >= 0.3 is 0 Å². The highest BCUT2D eigenvalue weighted by atomic mass is 14.9. The summed E-state index contributed by atoms with van der Waals surface area (Å²) in [5, 5.41) is 1.10. The number of aromatic nitrogens is 3. The lowest BCUT2D eigenvalue weighted by atomic mass is 10.2. The Labute approximate surface area is 102 Å². The van der Waals surface area contributed by atoms with Crippen molar-refractivity contribution in [2.75, 3.05) is 5.73 Å². The summed E-state index contributed by atoms with van der Waals surface area (Å²) < 4.78 is 0. The van der Waals surface area contributed by atoms with E-state index >= 15 is 0 Å². The monoisotopic (exact) mass is 234 g/mol. The van der Waals surface area contributed by atoms with Crippen molar-refractivity contribution in [2.45, 2.75) is 0 Å². The van der Waals surface area contributed by atoms with Crippen LogP contribution in [-0.2, 0) is 0 Å². The molecule has 4 rings (SSSR count). The minimum absolute atomic E-state index is 0.701. The van der Waals surface area contributed by atoms with Crippen LogP contribution in [0.1, 0.15) is 0 Å². The highest BCUT2D eigenvalue weighted by Crippen LogP contribution is 2.24. The van der Waals surface area contributed by atoms with Crippen molar-refractivity contribution < 1.29 is 0 Å². The molecule has 0 saturated carbocycles. The van der Waals surface area contributed by atoms with Gasteiger partial charge < -0.3 is 10.7 Å². The van der Waals surface area contributed by atoms with E-state index in [2.05, 4.69) is 15.0 Å². The lowest BCUT2D eigenvalue weighted by Gasteiger charge is -1.98.